The van der Waals surface area contributed by atoms with Gasteiger partial charge in [-0.15, -0.1) is 0 Å². The molecule has 0 fully saturated rings. The number of fused-ring (bicyclic) bond motifs is 2. The molecule has 3 aromatic rings. The lowest BCUT2D eigenvalue weighted by atomic mass is 9.91. The summed E-state index contributed by atoms with van der Waals surface area (Å²) in [5.74, 6) is -2.21. The zero-order valence-corrected chi connectivity index (χ0v) is 21.3. The number of aromatic carboxylic acids is 1. The smallest absolute Gasteiger partial charge is 0.356 e. The van der Waals surface area contributed by atoms with Crippen LogP contribution in [0.3, 0.4) is 0 Å². The lowest BCUT2D eigenvalue weighted by Gasteiger charge is -2.29. The van der Waals surface area contributed by atoms with Gasteiger partial charge in [0.2, 0.25) is 0 Å². The molecule has 0 radical (unpaired) electrons. The van der Waals surface area contributed by atoms with Crippen molar-refractivity contribution in [2.24, 2.45) is 0 Å². The van der Waals surface area contributed by atoms with Crippen molar-refractivity contribution in [1.82, 2.24) is 14.6 Å². The van der Waals surface area contributed by atoms with Crippen LogP contribution in [0.25, 0.3) is 16.9 Å². The number of aryl methyl sites for hydroxylation is 1. The third-order valence-corrected chi connectivity index (χ3v) is 5.97. The summed E-state index contributed by atoms with van der Waals surface area (Å²) in [6, 6.07) is 2.67. The maximum absolute atomic E-state index is 15.3. The second-order valence-corrected chi connectivity index (χ2v) is 9.72. The van der Waals surface area contributed by atoms with Crippen molar-refractivity contribution in [2.45, 2.75) is 66.1 Å². The fraction of sp³-hybridized carbons (Fsp3) is 0.462. The molecule has 0 saturated heterocycles. The Balaban J connectivity index is 2.11. The Hall–Kier alpha value is -3.53. The van der Waals surface area contributed by atoms with E-state index in [4.69, 9.17) is 14.2 Å². The summed E-state index contributed by atoms with van der Waals surface area (Å²) in [5.41, 5.74) is 2.22. The van der Waals surface area contributed by atoms with Crippen molar-refractivity contribution >= 4 is 17.6 Å². The highest BCUT2D eigenvalue weighted by Crippen LogP contribution is 2.41. The molecule has 9 nitrogen and oxygen atoms in total. The van der Waals surface area contributed by atoms with Gasteiger partial charge in [0.1, 0.15) is 0 Å². The first-order valence-electron chi connectivity index (χ1n) is 11.9. The molecule has 0 saturated carbocycles. The van der Waals surface area contributed by atoms with Gasteiger partial charge in [-0.05, 0) is 66.0 Å². The molecule has 0 bridgehead atoms. The van der Waals surface area contributed by atoms with Crippen LogP contribution in [0.4, 0.5) is 4.39 Å². The van der Waals surface area contributed by atoms with E-state index in [-0.39, 0.29) is 23.7 Å². The molecule has 0 amide bonds. The number of nitrogens with zero attached hydrogens (tertiary/aromatic N) is 3. The Morgan fingerprint density at radius 3 is 2.64 bits per heavy atom. The Kier molecular flexibility index (Phi) is 6.74. The maximum Gasteiger partial charge on any atom is 0.356 e. The molecule has 36 heavy (non-hydrogen) atoms. The molecule has 0 aliphatic carbocycles. The van der Waals surface area contributed by atoms with Crippen molar-refractivity contribution in [1.29, 1.82) is 0 Å². The summed E-state index contributed by atoms with van der Waals surface area (Å²) < 4.78 is 33.8. The van der Waals surface area contributed by atoms with Crippen LogP contribution in [0, 0.1) is 19.7 Å². The number of carbonyl (C=O) groups excluding carboxylic acids is 1. The number of halogens is 1. The van der Waals surface area contributed by atoms with Crippen LogP contribution in [-0.2, 0) is 20.7 Å². The highest BCUT2D eigenvalue weighted by Gasteiger charge is 2.35. The minimum Gasteiger partial charge on any atom is -0.490 e. The zero-order valence-electron chi connectivity index (χ0n) is 21.3. The van der Waals surface area contributed by atoms with Crippen molar-refractivity contribution in [3.05, 3.63) is 46.0 Å². The monoisotopic (exact) mass is 499 g/mol. The fourth-order valence-corrected chi connectivity index (χ4v) is 4.51. The summed E-state index contributed by atoms with van der Waals surface area (Å²) in [7, 11) is 0. The van der Waals surface area contributed by atoms with Crippen LogP contribution >= 0.6 is 0 Å². The number of hydrogen-bond acceptors (Lipinski definition) is 7. The molecule has 1 aliphatic heterocycles. The van der Waals surface area contributed by atoms with Gasteiger partial charge in [0.25, 0.3) is 0 Å². The van der Waals surface area contributed by atoms with Crippen molar-refractivity contribution in [2.75, 3.05) is 13.2 Å². The molecular weight excluding hydrogens is 469 g/mol. The Morgan fingerprint density at radius 2 is 2.00 bits per heavy atom. The Labute approximate surface area is 208 Å². The first kappa shape index (κ1) is 25.6. The highest BCUT2D eigenvalue weighted by atomic mass is 19.1. The number of rotatable bonds is 6. The van der Waals surface area contributed by atoms with E-state index in [9.17, 15) is 14.7 Å². The SMILES string of the molecule is CCOC(=O)C(OC(C)(C)C)c1c(C)nc2cc(C(=O)O)nn2c1-c1cc(F)c2c(c1C)CCCO2. The largest absolute Gasteiger partial charge is 0.490 e. The Morgan fingerprint density at radius 1 is 1.28 bits per heavy atom. The lowest BCUT2D eigenvalue weighted by molar-refractivity contribution is -0.166. The molecule has 4 rings (SSSR count). The van der Waals surface area contributed by atoms with Crippen molar-refractivity contribution in [3.63, 3.8) is 0 Å². The quantitative estimate of drug-likeness (QED) is 0.490. The first-order chi connectivity index (χ1) is 16.9. The average molecular weight is 500 g/mol. The van der Waals surface area contributed by atoms with Crippen LogP contribution in [0.15, 0.2) is 12.1 Å². The minimum atomic E-state index is -1.24. The molecular formula is C26H30FN3O6. The summed E-state index contributed by atoms with van der Waals surface area (Å²) in [6.45, 7) is 11.2. The van der Waals surface area contributed by atoms with Crippen LogP contribution in [0.5, 0.6) is 5.75 Å². The third kappa shape index (κ3) is 4.65. The highest BCUT2D eigenvalue weighted by molar-refractivity contribution is 5.88. The molecule has 1 unspecified atom stereocenters. The molecule has 0 spiro atoms. The number of aromatic nitrogens is 3. The predicted octanol–water partition coefficient (Wildman–Crippen LogP) is 4.59. The van der Waals surface area contributed by atoms with Crippen LogP contribution in [0.1, 0.15) is 73.1 Å². The Bertz CT molecular complexity index is 1360. The van der Waals surface area contributed by atoms with Crippen molar-refractivity contribution < 1.29 is 33.3 Å². The standard InChI is InChI=1S/C26H30FN3O6/c1-7-34-25(33)23(36-26(4,5)6)20-14(3)28-19-12-18(24(31)32)29-30(19)21(20)16-11-17(27)22-15(13(16)2)9-8-10-35-22/h11-12,23H,7-10H2,1-6H3,(H,31,32). The normalized spacial score (nSPS) is 14.3. The fourth-order valence-electron chi connectivity index (χ4n) is 4.51. The van der Waals surface area contributed by atoms with Gasteiger partial charge >= 0.3 is 11.9 Å². The van der Waals surface area contributed by atoms with E-state index in [0.29, 0.717) is 35.5 Å². The minimum absolute atomic E-state index is 0.127. The van der Waals surface area contributed by atoms with Gasteiger partial charge in [-0.1, -0.05) is 0 Å². The van der Waals surface area contributed by atoms with Crippen LogP contribution in [-0.4, -0.2) is 50.5 Å². The summed E-state index contributed by atoms with van der Waals surface area (Å²) >= 11 is 0. The van der Waals surface area contributed by atoms with Crippen LogP contribution < -0.4 is 4.74 Å². The molecule has 1 atom stereocenters. The number of benzene rings is 1. The molecule has 1 N–H and O–H groups in total. The maximum atomic E-state index is 15.3. The van der Waals surface area contributed by atoms with Gasteiger partial charge in [-0.3, -0.25) is 0 Å². The van der Waals surface area contributed by atoms with E-state index in [1.165, 1.54) is 16.6 Å². The number of carboxylic acid groups (broad SMARTS) is 1. The van der Waals surface area contributed by atoms with Gasteiger partial charge in [0.05, 0.1) is 24.5 Å². The number of carbonyl (C=O) groups is 2. The number of carboxylic acids is 1. The zero-order chi connectivity index (χ0) is 26.4. The topological polar surface area (TPSA) is 112 Å². The van der Waals surface area contributed by atoms with Gasteiger partial charge < -0.3 is 19.3 Å². The van der Waals surface area contributed by atoms with E-state index in [1.54, 1.807) is 34.6 Å². The third-order valence-electron chi connectivity index (χ3n) is 5.97. The van der Waals surface area contributed by atoms with Crippen LogP contribution in [0.2, 0.25) is 0 Å². The number of hydrogen-bond donors (Lipinski definition) is 1. The van der Waals surface area contributed by atoms with Gasteiger partial charge in [0.15, 0.2) is 29.0 Å². The lowest BCUT2D eigenvalue weighted by Crippen LogP contribution is -2.30. The van der Waals surface area contributed by atoms with Crippen molar-refractivity contribution in [3.8, 4) is 17.0 Å². The van der Waals surface area contributed by atoms with Gasteiger partial charge in [-0.2, -0.15) is 5.10 Å². The first-order valence-corrected chi connectivity index (χ1v) is 11.9. The summed E-state index contributed by atoms with van der Waals surface area (Å²) in [6.07, 6.45) is 0.134. The average Bonchev–Trinajstić information content (AvgIpc) is 3.23. The summed E-state index contributed by atoms with van der Waals surface area (Å²) in [5, 5.41) is 13.8. The number of esters is 1. The van der Waals surface area contributed by atoms with E-state index in [2.05, 4.69) is 10.1 Å². The summed E-state index contributed by atoms with van der Waals surface area (Å²) in [4.78, 5) is 29.5. The van der Waals surface area contributed by atoms with E-state index >= 15 is 4.39 Å². The number of ether oxygens (including phenoxy) is 3. The van der Waals surface area contributed by atoms with E-state index < -0.39 is 29.5 Å². The molecule has 1 aromatic carbocycles. The molecule has 192 valence electrons. The molecule has 1 aliphatic rings. The van der Waals surface area contributed by atoms with E-state index in [1.807, 2.05) is 6.92 Å². The molecule has 10 heteroatoms. The van der Waals surface area contributed by atoms with Gasteiger partial charge in [-0.25, -0.2) is 23.5 Å². The predicted molar refractivity (Wildman–Crippen MR) is 129 cm³/mol. The van der Waals surface area contributed by atoms with Gasteiger partial charge in [0, 0.05) is 28.5 Å². The molecule has 2 aromatic heterocycles. The molecule has 3 heterocycles. The van der Waals surface area contributed by atoms with E-state index in [0.717, 1.165) is 17.5 Å². The second kappa shape index (κ2) is 9.50. The second-order valence-electron chi connectivity index (χ2n) is 9.72.